The van der Waals surface area contributed by atoms with Gasteiger partial charge in [-0.2, -0.15) is 0 Å². The van der Waals surface area contributed by atoms with E-state index in [2.05, 4.69) is 4.90 Å². The molecule has 0 aromatic heterocycles. The summed E-state index contributed by atoms with van der Waals surface area (Å²) in [6, 6.07) is 9.51. The van der Waals surface area contributed by atoms with Crippen molar-refractivity contribution in [2.45, 2.75) is 25.7 Å². The zero-order chi connectivity index (χ0) is 13.5. The number of Topliss-reactive ketones (excluding diaryl/α,β-unsaturated/α-hetero) is 1. The second kappa shape index (κ2) is 7.41. The molecule has 0 aliphatic carbocycles. The first kappa shape index (κ1) is 14.2. The topological polar surface area (TPSA) is 40.5 Å². The second-order valence-electron chi connectivity index (χ2n) is 5.36. The molecule has 1 aromatic carbocycles. The van der Waals surface area contributed by atoms with Crippen molar-refractivity contribution < 1.29 is 9.90 Å². The second-order valence-corrected chi connectivity index (χ2v) is 5.36. The number of benzene rings is 1. The van der Waals surface area contributed by atoms with E-state index in [9.17, 15) is 4.79 Å². The van der Waals surface area contributed by atoms with Crippen molar-refractivity contribution in [3.05, 3.63) is 35.9 Å². The number of aliphatic hydroxyl groups excluding tert-OH is 1. The van der Waals surface area contributed by atoms with E-state index in [4.69, 9.17) is 5.11 Å². The summed E-state index contributed by atoms with van der Waals surface area (Å²) in [6.07, 6.45) is 3.88. The summed E-state index contributed by atoms with van der Waals surface area (Å²) in [6.45, 7) is 3.24. The lowest BCUT2D eigenvalue weighted by Gasteiger charge is -2.32. The Morgan fingerprint density at radius 2 is 2.11 bits per heavy atom. The largest absolute Gasteiger partial charge is 0.396 e. The number of rotatable bonds is 6. The molecule has 1 atom stereocenters. The number of carbonyl (C=O) groups is 1. The van der Waals surface area contributed by atoms with Crippen LogP contribution in [0.3, 0.4) is 0 Å². The summed E-state index contributed by atoms with van der Waals surface area (Å²) in [5, 5.41) is 9.00. The Kier molecular flexibility index (Phi) is 5.55. The number of piperidine rings is 1. The summed E-state index contributed by atoms with van der Waals surface area (Å²) in [7, 11) is 0. The summed E-state index contributed by atoms with van der Waals surface area (Å²) < 4.78 is 0. The molecule has 104 valence electrons. The Hall–Kier alpha value is -1.19. The summed E-state index contributed by atoms with van der Waals surface area (Å²) in [4.78, 5) is 14.4. The van der Waals surface area contributed by atoms with Gasteiger partial charge in [0.2, 0.25) is 0 Å². The number of hydrogen-bond acceptors (Lipinski definition) is 3. The van der Waals surface area contributed by atoms with Crippen LogP contribution in [0, 0.1) is 5.92 Å². The van der Waals surface area contributed by atoms with E-state index in [0.717, 1.165) is 31.6 Å². The smallest absolute Gasteiger partial charge is 0.164 e. The van der Waals surface area contributed by atoms with Crippen LogP contribution in [-0.4, -0.2) is 42.0 Å². The zero-order valence-corrected chi connectivity index (χ0v) is 11.4. The van der Waals surface area contributed by atoms with Crippen LogP contribution >= 0.6 is 0 Å². The summed E-state index contributed by atoms with van der Waals surface area (Å²) >= 11 is 0. The van der Waals surface area contributed by atoms with E-state index in [0.29, 0.717) is 12.3 Å². The highest BCUT2D eigenvalue weighted by Crippen LogP contribution is 2.19. The normalized spacial score (nSPS) is 20.4. The first-order chi connectivity index (χ1) is 9.29. The summed E-state index contributed by atoms with van der Waals surface area (Å²) in [5.41, 5.74) is 0.811. The van der Waals surface area contributed by atoms with Crippen LogP contribution in [0.2, 0.25) is 0 Å². The van der Waals surface area contributed by atoms with Crippen molar-refractivity contribution in [2.24, 2.45) is 5.92 Å². The molecular formula is C16H23NO2. The number of carbonyl (C=O) groups excluding carboxylic acids is 1. The molecule has 2 rings (SSSR count). The molecule has 1 aliphatic rings. The molecule has 1 unspecified atom stereocenters. The Labute approximate surface area is 115 Å². The number of ketones is 1. The molecule has 1 fully saturated rings. The van der Waals surface area contributed by atoms with Crippen LogP contribution in [0.5, 0.6) is 0 Å². The predicted octanol–water partition coefficient (Wildman–Crippen LogP) is 2.35. The van der Waals surface area contributed by atoms with E-state index in [1.165, 1.54) is 12.8 Å². The van der Waals surface area contributed by atoms with E-state index >= 15 is 0 Å². The third-order valence-electron chi connectivity index (χ3n) is 3.89. The highest BCUT2D eigenvalue weighted by atomic mass is 16.3. The van der Waals surface area contributed by atoms with Gasteiger partial charge in [0.05, 0.1) is 0 Å². The monoisotopic (exact) mass is 261 g/mol. The van der Waals surface area contributed by atoms with Crippen molar-refractivity contribution in [3.8, 4) is 0 Å². The van der Waals surface area contributed by atoms with Gasteiger partial charge in [-0.3, -0.25) is 4.79 Å². The van der Waals surface area contributed by atoms with Crippen molar-refractivity contribution in [1.82, 2.24) is 4.90 Å². The number of hydrogen-bond donors (Lipinski definition) is 1. The molecule has 0 bridgehead atoms. The third-order valence-corrected chi connectivity index (χ3v) is 3.89. The molecule has 0 saturated carbocycles. The van der Waals surface area contributed by atoms with E-state index in [1.807, 2.05) is 30.3 Å². The lowest BCUT2D eigenvalue weighted by Crippen LogP contribution is -2.37. The van der Waals surface area contributed by atoms with Crippen molar-refractivity contribution in [2.75, 3.05) is 26.2 Å². The third kappa shape index (κ3) is 4.44. The molecule has 0 radical (unpaired) electrons. The average molecular weight is 261 g/mol. The molecular weight excluding hydrogens is 238 g/mol. The van der Waals surface area contributed by atoms with Gasteiger partial charge < -0.3 is 10.0 Å². The van der Waals surface area contributed by atoms with Crippen LogP contribution in [0.15, 0.2) is 30.3 Å². The standard InChI is InChI=1S/C16H23NO2/c18-12-9-14-5-4-10-17(13-14)11-8-16(19)15-6-2-1-3-7-15/h1-3,6-7,14,18H,4-5,8-13H2. The molecule has 19 heavy (non-hydrogen) atoms. The Morgan fingerprint density at radius 1 is 1.32 bits per heavy atom. The fraction of sp³-hybridized carbons (Fsp3) is 0.562. The van der Waals surface area contributed by atoms with Gasteiger partial charge in [0.25, 0.3) is 0 Å². The van der Waals surface area contributed by atoms with Crippen molar-refractivity contribution in [1.29, 1.82) is 0 Å². The molecule has 0 amide bonds. The van der Waals surface area contributed by atoms with Gasteiger partial charge in [-0.05, 0) is 31.7 Å². The number of nitrogens with zero attached hydrogens (tertiary/aromatic N) is 1. The van der Waals surface area contributed by atoms with E-state index in [1.54, 1.807) is 0 Å². The maximum Gasteiger partial charge on any atom is 0.164 e. The van der Waals surface area contributed by atoms with Crippen LogP contribution in [0.4, 0.5) is 0 Å². The minimum atomic E-state index is 0.227. The van der Waals surface area contributed by atoms with Crippen LogP contribution in [0.25, 0.3) is 0 Å². The molecule has 1 heterocycles. The number of likely N-dealkylation sites (tertiary alicyclic amines) is 1. The SMILES string of the molecule is O=C(CCN1CCCC(CCO)C1)c1ccccc1. The van der Waals surface area contributed by atoms with E-state index < -0.39 is 0 Å². The highest BCUT2D eigenvalue weighted by Gasteiger charge is 2.19. The van der Waals surface area contributed by atoms with Gasteiger partial charge in [-0.1, -0.05) is 30.3 Å². The predicted molar refractivity (Wildman–Crippen MR) is 76.3 cm³/mol. The minimum Gasteiger partial charge on any atom is -0.396 e. The Balaban J connectivity index is 1.77. The quantitative estimate of drug-likeness (QED) is 0.799. The molecule has 1 saturated heterocycles. The fourth-order valence-electron chi connectivity index (χ4n) is 2.80. The lowest BCUT2D eigenvalue weighted by molar-refractivity contribution is 0.0937. The van der Waals surface area contributed by atoms with Gasteiger partial charge in [-0.15, -0.1) is 0 Å². The molecule has 0 spiro atoms. The zero-order valence-electron chi connectivity index (χ0n) is 11.4. The van der Waals surface area contributed by atoms with E-state index in [-0.39, 0.29) is 12.4 Å². The molecule has 1 aromatic rings. The lowest BCUT2D eigenvalue weighted by atomic mass is 9.95. The van der Waals surface area contributed by atoms with Gasteiger partial charge in [0.15, 0.2) is 5.78 Å². The maximum absolute atomic E-state index is 12.0. The molecule has 3 heteroatoms. The average Bonchev–Trinajstić information content (AvgIpc) is 2.46. The fourth-order valence-corrected chi connectivity index (χ4v) is 2.80. The molecule has 1 aliphatic heterocycles. The van der Waals surface area contributed by atoms with Crippen molar-refractivity contribution in [3.63, 3.8) is 0 Å². The molecule has 3 nitrogen and oxygen atoms in total. The first-order valence-electron chi connectivity index (χ1n) is 7.21. The van der Waals surface area contributed by atoms with Crippen LogP contribution in [0.1, 0.15) is 36.0 Å². The van der Waals surface area contributed by atoms with Crippen molar-refractivity contribution >= 4 is 5.78 Å². The molecule has 1 N–H and O–H groups in total. The highest BCUT2D eigenvalue weighted by molar-refractivity contribution is 5.96. The minimum absolute atomic E-state index is 0.227. The van der Waals surface area contributed by atoms with Gasteiger partial charge in [0.1, 0.15) is 0 Å². The van der Waals surface area contributed by atoms with Crippen LogP contribution < -0.4 is 0 Å². The van der Waals surface area contributed by atoms with Gasteiger partial charge in [-0.25, -0.2) is 0 Å². The summed E-state index contributed by atoms with van der Waals surface area (Å²) in [5.74, 6) is 0.829. The maximum atomic E-state index is 12.0. The van der Waals surface area contributed by atoms with Crippen LogP contribution in [-0.2, 0) is 0 Å². The Morgan fingerprint density at radius 3 is 2.84 bits per heavy atom. The van der Waals surface area contributed by atoms with Gasteiger partial charge >= 0.3 is 0 Å². The van der Waals surface area contributed by atoms with Gasteiger partial charge in [0, 0.05) is 31.7 Å². The Bertz CT molecular complexity index is 389. The first-order valence-corrected chi connectivity index (χ1v) is 7.21. The number of aliphatic hydroxyl groups is 1.